The van der Waals surface area contributed by atoms with Crippen molar-refractivity contribution >= 4 is 11.3 Å². The van der Waals surface area contributed by atoms with Gasteiger partial charge in [0.1, 0.15) is 5.75 Å². The number of ether oxygens (including phenoxy) is 1. The summed E-state index contributed by atoms with van der Waals surface area (Å²) in [6.07, 6.45) is 3.20. The Balaban J connectivity index is 1.86. The minimum absolute atomic E-state index is 0.107. The maximum Gasteiger partial charge on any atom is 0.122 e. The van der Waals surface area contributed by atoms with E-state index in [1.807, 2.05) is 18.2 Å². The zero-order valence-electron chi connectivity index (χ0n) is 10.9. The van der Waals surface area contributed by atoms with Crippen LogP contribution in [-0.4, -0.2) is 17.2 Å². The summed E-state index contributed by atoms with van der Waals surface area (Å²) in [5, 5.41) is 10.5. The Hall–Kier alpha value is -1.39. The normalized spacial score (nSPS) is 14.6. The maximum absolute atomic E-state index is 9.42. The molecule has 3 rings (SSSR count). The smallest absolute Gasteiger partial charge is 0.122 e. The Kier molecular flexibility index (Phi) is 3.53. The zero-order valence-corrected chi connectivity index (χ0v) is 11.7. The summed E-state index contributed by atoms with van der Waals surface area (Å²) < 4.78 is 5.37. The number of para-hydroxylation sites is 1. The van der Waals surface area contributed by atoms with Gasteiger partial charge < -0.3 is 9.84 Å². The highest BCUT2D eigenvalue weighted by Crippen LogP contribution is 2.43. The molecule has 0 aliphatic heterocycles. The number of rotatable bonds is 5. The number of thiazole rings is 1. The molecule has 2 aromatic rings. The number of aliphatic hydroxyl groups excluding tert-OH is 1. The van der Waals surface area contributed by atoms with Gasteiger partial charge in [-0.3, -0.25) is 0 Å². The summed E-state index contributed by atoms with van der Waals surface area (Å²) in [5.74, 6) is 1.49. The molecule has 0 spiro atoms. The van der Waals surface area contributed by atoms with Crippen molar-refractivity contribution in [2.24, 2.45) is 0 Å². The van der Waals surface area contributed by atoms with Gasteiger partial charge in [-0.15, -0.1) is 11.3 Å². The third kappa shape index (κ3) is 2.65. The minimum atomic E-state index is 0.107. The molecule has 100 valence electrons. The van der Waals surface area contributed by atoms with Crippen molar-refractivity contribution in [3.8, 4) is 5.75 Å². The van der Waals surface area contributed by atoms with Crippen LogP contribution in [0.1, 0.15) is 39.9 Å². The molecule has 1 fully saturated rings. The predicted octanol–water partition coefficient (Wildman–Crippen LogP) is 3.11. The van der Waals surface area contributed by atoms with Crippen molar-refractivity contribution in [3.05, 3.63) is 45.4 Å². The van der Waals surface area contributed by atoms with Gasteiger partial charge in [0.05, 0.1) is 29.3 Å². The number of methoxy groups -OCH3 is 1. The first kappa shape index (κ1) is 12.6. The molecule has 1 aliphatic rings. The van der Waals surface area contributed by atoms with E-state index < -0.39 is 0 Å². The standard InChI is InChI=1S/C15H17NO2S/c1-18-12-5-3-2-4-11(12)8-14-16-15(10-6-7-10)13(9-17)19-14/h2-5,10,17H,6-9H2,1H3. The molecule has 1 aliphatic carbocycles. The van der Waals surface area contributed by atoms with E-state index in [-0.39, 0.29) is 6.61 Å². The third-order valence-corrected chi connectivity index (χ3v) is 4.47. The van der Waals surface area contributed by atoms with Gasteiger partial charge in [-0.25, -0.2) is 4.98 Å². The lowest BCUT2D eigenvalue weighted by atomic mass is 10.1. The SMILES string of the molecule is COc1ccccc1Cc1nc(C2CC2)c(CO)s1. The Morgan fingerprint density at radius 2 is 2.16 bits per heavy atom. The van der Waals surface area contributed by atoms with Crippen molar-refractivity contribution in [3.63, 3.8) is 0 Å². The summed E-state index contributed by atoms with van der Waals surface area (Å²) >= 11 is 1.63. The Bertz CT molecular complexity index is 575. The Labute approximate surface area is 116 Å². The number of benzene rings is 1. The lowest BCUT2D eigenvalue weighted by molar-refractivity contribution is 0.284. The monoisotopic (exact) mass is 275 g/mol. The Morgan fingerprint density at radius 3 is 2.84 bits per heavy atom. The summed E-state index contributed by atoms with van der Waals surface area (Å²) in [5.41, 5.74) is 2.27. The predicted molar refractivity (Wildman–Crippen MR) is 75.8 cm³/mol. The highest BCUT2D eigenvalue weighted by atomic mass is 32.1. The molecule has 0 unspecified atom stereocenters. The highest BCUT2D eigenvalue weighted by Gasteiger charge is 2.29. The van der Waals surface area contributed by atoms with Gasteiger partial charge >= 0.3 is 0 Å². The summed E-state index contributed by atoms with van der Waals surface area (Å²) in [6.45, 7) is 0.107. The van der Waals surface area contributed by atoms with Crippen molar-refractivity contribution in [2.45, 2.75) is 31.8 Å². The topological polar surface area (TPSA) is 42.4 Å². The van der Waals surface area contributed by atoms with Crippen molar-refractivity contribution < 1.29 is 9.84 Å². The van der Waals surface area contributed by atoms with Gasteiger partial charge in [0.25, 0.3) is 0 Å². The molecular formula is C15H17NO2S. The molecule has 19 heavy (non-hydrogen) atoms. The van der Waals surface area contributed by atoms with Crippen LogP contribution in [0.15, 0.2) is 24.3 Å². The van der Waals surface area contributed by atoms with Gasteiger partial charge in [-0.05, 0) is 18.9 Å². The number of hydrogen-bond acceptors (Lipinski definition) is 4. The number of hydrogen-bond donors (Lipinski definition) is 1. The first-order valence-corrected chi connectivity index (χ1v) is 7.34. The average Bonchev–Trinajstić information content (AvgIpc) is 3.21. The van der Waals surface area contributed by atoms with Crippen LogP contribution in [0.4, 0.5) is 0 Å². The van der Waals surface area contributed by atoms with E-state index >= 15 is 0 Å². The van der Waals surface area contributed by atoms with Crippen LogP contribution in [-0.2, 0) is 13.0 Å². The average molecular weight is 275 g/mol. The molecule has 0 radical (unpaired) electrons. The summed E-state index contributed by atoms with van der Waals surface area (Å²) in [4.78, 5) is 5.75. The second kappa shape index (κ2) is 5.31. The van der Waals surface area contributed by atoms with Crippen LogP contribution in [0.3, 0.4) is 0 Å². The van der Waals surface area contributed by atoms with Crippen LogP contribution in [0.25, 0.3) is 0 Å². The molecular weight excluding hydrogens is 258 g/mol. The molecule has 1 saturated carbocycles. The second-order valence-electron chi connectivity index (χ2n) is 4.84. The van der Waals surface area contributed by atoms with E-state index in [4.69, 9.17) is 9.72 Å². The van der Waals surface area contributed by atoms with Crippen LogP contribution < -0.4 is 4.74 Å². The maximum atomic E-state index is 9.42. The van der Waals surface area contributed by atoms with E-state index in [1.165, 1.54) is 12.8 Å². The minimum Gasteiger partial charge on any atom is -0.496 e. The van der Waals surface area contributed by atoms with Crippen LogP contribution in [0.2, 0.25) is 0 Å². The van der Waals surface area contributed by atoms with E-state index in [0.29, 0.717) is 5.92 Å². The molecule has 1 aromatic heterocycles. The van der Waals surface area contributed by atoms with Crippen LogP contribution in [0.5, 0.6) is 5.75 Å². The Morgan fingerprint density at radius 1 is 1.37 bits per heavy atom. The molecule has 1 aromatic carbocycles. The molecule has 0 amide bonds. The van der Waals surface area contributed by atoms with Crippen molar-refractivity contribution in [2.75, 3.05) is 7.11 Å². The van der Waals surface area contributed by atoms with E-state index in [0.717, 1.165) is 33.3 Å². The van der Waals surface area contributed by atoms with Gasteiger partial charge in [0.15, 0.2) is 0 Å². The first-order chi connectivity index (χ1) is 9.31. The fourth-order valence-corrected chi connectivity index (χ4v) is 3.33. The van der Waals surface area contributed by atoms with E-state index in [2.05, 4.69) is 6.07 Å². The molecule has 1 N–H and O–H groups in total. The van der Waals surface area contributed by atoms with Crippen LogP contribution >= 0.6 is 11.3 Å². The van der Waals surface area contributed by atoms with Crippen LogP contribution in [0, 0.1) is 0 Å². The first-order valence-electron chi connectivity index (χ1n) is 6.53. The van der Waals surface area contributed by atoms with Crippen molar-refractivity contribution in [1.29, 1.82) is 0 Å². The highest BCUT2D eigenvalue weighted by molar-refractivity contribution is 7.11. The van der Waals surface area contributed by atoms with Gasteiger partial charge in [0, 0.05) is 17.9 Å². The van der Waals surface area contributed by atoms with E-state index in [9.17, 15) is 5.11 Å². The van der Waals surface area contributed by atoms with Gasteiger partial charge in [-0.2, -0.15) is 0 Å². The molecule has 1 heterocycles. The summed E-state index contributed by atoms with van der Waals surface area (Å²) in [7, 11) is 1.69. The zero-order chi connectivity index (χ0) is 13.2. The number of nitrogens with zero attached hydrogens (tertiary/aromatic N) is 1. The number of aromatic nitrogens is 1. The number of aliphatic hydroxyl groups is 1. The molecule has 0 atom stereocenters. The lowest BCUT2D eigenvalue weighted by Gasteiger charge is -2.05. The fourth-order valence-electron chi connectivity index (χ4n) is 2.29. The molecule has 0 saturated heterocycles. The fraction of sp³-hybridized carbons (Fsp3) is 0.400. The second-order valence-corrected chi connectivity index (χ2v) is 6.01. The van der Waals surface area contributed by atoms with E-state index in [1.54, 1.807) is 18.4 Å². The molecule has 4 heteroatoms. The van der Waals surface area contributed by atoms with Crippen molar-refractivity contribution in [1.82, 2.24) is 4.98 Å². The summed E-state index contributed by atoms with van der Waals surface area (Å²) in [6, 6.07) is 8.02. The lowest BCUT2D eigenvalue weighted by Crippen LogP contribution is -1.93. The quantitative estimate of drug-likeness (QED) is 0.911. The van der Waals surface area contributed by atoms with Gasteiger partial charge in [0.2, 0.25) is 0 Å². The largest absolute Gasteiger partial charge is 0.496 e. The molecule has 0 bridgehead atoms. The molecule has 3 nitrogen and oxygen atoms in total. The van der Waals surface area contributed by atoms with Gasteiger partial charge in [-0.1, -0.05) is 18.2 Å². The third-order valence-electron chi connectivity index (χ3n) is 3.41.